The van der Waals surface area contributed by atoms with E-state index in [-0.39, 0.29) is 12.3 Å². The lowest BCUT2D eigenvalue weighted by atomic mass is 9.72. The van der Waals surface area contributed by atoms with Gasteiger partial charge in [-0.15, -0.1) is 0 Å². The molecular formula is C31H33F3N2O4. The first kappa shape index (κ1) is 29.1. The summed E-state index contributed by atoms with van der Waals surface area (Å²) < 4.78 is 45.2. The third kappa shape index (κ3) is 5.84. The summed E-state index contributed by atoms with van der Waals surface area (Å²) in [5, 5.41) is 14.0. The van der Waals surface area contributed by atoms with E-state index < -0.39 is 53.1 Å². The first-order chi connectivity index (χ1) is 18.8. The number of nitrogens with zero attached hydrogens (tertiary/aromatic N) is 1. The molecule has 0 spiro atoms. The maximum absolute atomic E-state index is 14.0. The molecule has 212 valence electrons. The number of halogens is 3. The highest BCUT2D eigenvalue weighted by Gasteiger charge is 2.58. The monoisotopic (exact) mass is 554 g/mol. The van der Waals surface area contributed by atoms with Crippen molar-refractivity contribution in [2.24, 2.45) is 11.3 Å². The number of carbonyl (C=O) groups excluding carboxylic acids is 1. The van der Waals surface area contributed by atoms with E-state index in [1.54, 1.807) is 30.3 Å². The zero-order valence-electron chi connectivity index (χ0n) is 22.8. The molecule has 9 heteroatoms. The van der Waals surface area contributed by atoms with Crippen LogP contribution in [0, 0.1) is 11.3 Å². The zero-order valence-corrected chi connectivity index (χ0v) is 22.8. The summed E-state index contributed by atoms with van der Waals surface area (Å²) in [6.45, 7) is 5.89. The fraction of sp³-hybridized carbons (Fsp3) is 0.355. The van der Waals surface area contributed by atoms with Crippen molar-refractivity contribution >= 4 is 11.9 Å². The number of aliphatic carboxylic acids is 1. The van der Waals surface area contributed by atoms with E-state index in [9.17, 15) is 27.9 Å². The van der Waals surface area contributed by atoms with Crippen LogP contribution in [-0.2, 0) is 17.5 Å². The van der Waals surface area contributed by atoms with Crippen LogP contribution in [0.3, 0.4) is 0 Å². The second-order valence-electron chi connectivity index (χ2n) is 11.0. The molecule has 4 rings (SSSR count). The van der Waals surface area contributed by atoms with Crippen LogP contribution in [0.4, 0.5) is 13.2 Å². The first-order valence-electron chi connectivity index (χ1n) is 13.0. The Morgan fingerprint density at radius 3 is 2.08 bits per heavy atom. The average Bonchev–Trinajstić information content (AvgIpc) is 3.28. The number of benzene rings is 3. The molecule has 0 saturated carbocycles. The van der Waals surface area contributed by atoms with E-state index in [1.165, 1.54) is 18.1 Å². The molecule has 0 aliphatic carbocycles. The van der Waals surface area contributed by atoms with Crippen molar-refractivity contribution in [3.63, 3.8) is 0 Å². The van der Waals surface area contributed by atoms with Gasteiger partial charge < -0.3 is 20.1 Å². The van der Waals surface area contributed by atoms with Crippen LogP contribution in [0.15, 0.2) is 78.9 Å². The Balaban J connectivity index is 1.82. The zero-order chi connectivity index (χ0) is 29.2. The van der Waals surface area contributed by atoms with Gasteiger partial charge in [0.05, 0.1) is 18.7 Å². The lowest BCUT2D eigenvalue weighted by Gasteiger charge is -2.35. The van der Waals surface area contributed by atoms with Gasteiger partial charge in [0.15, 0.2) is 0 Å². The van der Waals surface area contributed by atoms with Crippen molar-refractivity contribution in [3.05, 3.63) is 101 Å². The summed E-state index contributed by atoms with van der Waals surface area (Å²) in [5.74, 6) is -2.02. The smallest absolute Gasteiger partial charge is 0.416 e. The molecule has 1 fully saturated rings. The Kier molecular flexibility index (Phi) is 8.25. The topological polar surface area (TPSA) is 78.9 Å². The number of methoxy groups -OCH3 is 1. The summed E-state index contributed by atoms with van der Waals surface area (Å²) in [7, 11) is 1.31. The van der Waals surface area contributed by atoms with E-state index in [0.717, 1.165) is 17.7 Å². The SMILES string of the molecule is COc1cc(C(F)(F)F)ccc1CN[C@H]1[C@H](C(C)(C)C)[C@@H](C(=O)O)N(C(=O)c2ccccc2)[C@H]1c1ccccc1. The van der Waals surface area contributed by atoms with Crippen molar-refractivity contribution in [3.8, 4) is 5.75 Å². The number of carboxylic acids is 1. The van der Waals surface area contributed by atoms with Crippen molar-refractivity contribution < 1.29 is 32.6 Å². The number of ether oxygens (including phenoxy) is 1. The highest BCUT2D eigenvalue weighted by atomic mass is 19.4. The molecular weight excluding hydrogens is 521 g/mol. The van der Waals surface area contributed by atoms with Gasteiger partial charge in [-0.3, -0.25) is 4.79 Å². The molecule has 0 bridgehead atoms. The van der Waals surface area contributed by atoms with Gasteiger partial charge in [0.2, 0.25) is 0 Å². The van der Waals surface area contributed by atoms with Crippen LogP contribution in [0.5, 0.6) is 5.75 Å². The minimum atomic E-state index is -4.52. The molecule has 0 unspecified atom stereocenters. The second-order valence-corrected chi connectivity index (χ2v) is 11.0. The van der Waals surface area contributed by atoms with Gasteiger partial charge in [0, 0.05) is 29.6 Å². The van der Waals surface area contributed by atoms with Crippen LogP contribution in [-0.4, -0.2) is 41.1 Å². The van der Waals surface area contributed by atoms with Gasteiger partial charge in [0.25, 0.3) is 5.91 Å². The highest BCUT2D eigenvalue weighted by molar-refractivity contribution is 5.97. The number of hydrogen-bond donors (Lipinski definition) is 2. The molecule has 0 aromatic heterocycles. The van der Waals surface area contributed by atoms with Crippen LogP contribution in [0.2, 0.25) is 0 Å². The quantitative estimate of drug-likeness (QED) is 0.365. The number of amides is 1. The molecule has 1 aliphatic rings. The number of nitrogens with one attached hydrogen (secondary N) is 1. The summed E-state index contributed by atoms with van der Waals surface area (Å²) >= 11 is 0. The summed E-state index contributed by atoms with van der Waals surface area (Å²) in [4.78, 5) is 28.3. The van der Waals surface area contributed by atoms with Crippen LogP contribution < -0.4 is 10.1 Å². The molecule has 1 amide bonds. The van der Waals surface area contributed by atoms with Crippen molar-refractivity contribution in [1.29, 1.82) is 0 Å². The van der Waals surface area contributed by atoms with E-state index >= 15 is 0 Å². The third-order valence-corrected chi connectivity index (χ3v) is 7.46. The van der Waals surface area contributed by atoms with Gasteiger partial charge in [-0.2, -0.15) is 13.2 Å². The van der Waals surface area contributed by atoms with Gasteiger partial charge in [-0.25, -0.2) is 4.79 Å². The number of alkyl halides is 3. The molecule has 1 aliphatic heterocycles. The predicted octanol–water partition coefficient (Wildman–Crippen LogP) is 6.19. The van der Waals surface area contributed by atoms with Crippen LogP contribution in [0.1, 0.15) is 53.9 Å². The lowest BCUT2D eigenvalue weighted by Crippen LogP contribution is -2.48. The Hall–Kier alpha value is -3.85. The Bertz CT molecular complexity index is 1340. The van der Waals surface area contributed by atoms with Gasteiger partial charge in [-0.1, -0.05) is 75.4 Å². The maximum Gasteiger partial charge on any atom is 0.416 e. The molecule has 6 nitrogen and oxygen atoms in total. The fourth-order valence-corrected chi connectivity index (χ4v) is 5.73. The second kappa shape index (κ2) is 11.3. The summed E-state index contributed by atoms with van der Waals surface area (Å²) in [6, 6.07) is 18.7. The van der Waals surface area contributed by atoms with E-state index in [4.69, 9.17) is 4.74 Å². The summed E-state index contributed by atoms with van der Waals surface area (Å²) in [5.41, 5.74) is 0.210. The molecule has 4 atom stereocenters. The minimum Gasteiger partial charge on any atom is -0.496 e. The number of rotatable bonds is 7. The lowest BCUT2D eigenvalue weighted by molar-refractivity contribution is -0.144. The number of hydrogen-bond acceptors (Lipinski definition) is 4. The molecule has 3 aromatic rings. The van der Waals surface area contributed by atoms with Crippen LogP contribution in [0.25, 0.3) is 0 Å². The number of likely N-dealkylation sites (tertiary alicyclic amines) is 1. The van der Waals surface area contributed by atoms with Gasteiger partial charge >= 0.3 is 12.1 Å². The summed E-state index contributed by atoms with van der Waals surface area (Å²) in [6.07, 6.45) is -4.52. The molecule has 3 aromatic carbocycles. The highest BCUT2D eigenvalue weighted by Crippen LogP contribution is 2.48. The standard InChI is InChI=1S/C31H33F3N2O4/c1-30(2,3)24-25(35-18-21-15-16-22(31(32,33)34)17-23(21)40-4)26(19-11-7-5-8-12-19)36(27(24)29(38)39)28(37)20-13-9-6-10-14-20/h5-17,24-27,35H,18H2,1-4H3,(H,38,39)/t24-,25-,26-,27-/m0/s1. The number of carboxylic acid groups (broad SMARTS) is 1. The van der Waals surface area contributed by atoms with E-state index in [2.05, 4.69) is 5.32 Å². The maximum atomic E-state index is 14.0. The molecule has 2 N–H and O–H groups in total. The molecule has 40 heavy (non-hydrogen) atoms. The van der Waals surface area contributed by atoms with E-state index in [1.807, 2.05) is 51.1 Å². The van der Waals surface area contributed by atoms with Crippen LogP contribution >= 0.6 is 0 Å². The third-order valence-electron chi connectivity index (χ3n) is 7.46. The largest absolute Gasteiger partial charge is 0.496 e. The van der Waals surface area contributed by atoms with Gasteiger partial charge in [0.1, 0.15) is 11.8 Å². The molecule has 1 heterocycles. The average molecular weight is 555 g/mol. The Morgan fingerprint density at radius 1 is 0.950 bits per heavy atom. The van der Waals surface area contributed by atoms with Crippen molar-refractivity contribution in [2.75, 3.05) is 7.11 Å². The predicted molar refractivity (Wildman–Crippen MR) is 145 cm³/mol. The minimum absolute atomic E-state index is 0.0656. The van der Waals surface area contributed by atoms with Crippen molar-refractivity contribution in [2.45, 2.75) is 51.6 Å². The normalized spacial score (nSPS) is 21.3. The van der Waals surface area contributed by atoms with E-state index in [0.29, 0.717) is 11.1 Å². The fourth-order valence-electron chi connectivity index (χ4n) is 5.73. The first-order valence-corrected chi connectivity index (χ1v) is 13.0. The Labute approximate surface area is 231 Å². The Morgan fingerprint density at radius 2 is 1.55 bits per heavy atom. The molecule has 1 saturated heterocycles. The van der Waals surface area contributed by atoms with Gasteiger partial charge in [-0.05, 0) is 35.2 Å². The van der Waals surface area contributed by atoms with Crippen molar-refractivity contribution in [1.82, 2.24) is 10.2 Å². The number of carbonyl (C=O) groups is 2. The molecule has 0 radical (unpaired) electrons.